The Labute approximate surface area is 252 Å². The van der Waals surface area contributed by atoms with E-state index in [0.717, 1.165) is 10.0 Å². The number of thioether (sulfide) groups is 1. The van der Waals surface area contributed by atoms with Crippen LogP contribution in [0.25, 0.3) is 6.08 Å². The largest absolute Gasteiger partial charge is 0.493 e. The Hall–Kier alpha value is -1.20. The van der Waals surface area contributed by atoms with Crippen molar-refractivity contribution < 1.29 is 14.3 Å². The summed E-state index contributed by atoms with van der Waals surface area (Å²) in [6.45, 7) is 0.247. The maximum atomic E-state index is 12.6. The zero-order valence-corrected chi connectivity index (χ0v) is 26.0. The summed E-state index contributed by atoms with van der Waals surface area (Å²) in [5, 5.41) is 4.68. The van der Waals surface area contributed by atoms with Gasteiger partial charge in [-0.2, -0.15) is 0 Å². The highest BCUT2D eigenvalue weighted by atomic mass is 79.9. The number of ether oxygens (including phenoxy) is 2. The number of aliphatic imine (C=N–C) groups is 1. The molecule has 36 heavy (non-hydrogen) atoms. The van der Waals surface area contributed by atoms with Crippen LogP contribution in [-0.4, -0.2) is 18.2 Å². The van der Waals surface area contributed by atoms with Gasteiger partial charge in [0.15, 0.2) is 16.7 Å². The SMILES string of the molecule is COc1cc(/C=C2\SC(=Nc3ccc(Br)c(Cl)c3)NC2=O)c(Br)c(Br)c1OCc1ccc(Cl)c(Cl)c1. The molecule has 0 unspecified atom stereocenters. The predicted octanol–water partition coefficient (Wildman–Crippen LogP) is 9.41. The van der Waals surface area contributed by atoms with Crippen molar-refractivity contribution in [2.75, 3.05) is 7.11 Å². The maximum Gasteiger partial charge on any atom is 0.264 e. The molecule has 0 spiro atoms. The first-order valence-electron chi connectivity index (χ1n) is 10.0. The molecule has 0 radical (unpaired) electrons. The zero-order chi connectivity index (χ0) is 26.0. The van der Waals surface area contributed by atoms with Crippen molar-refractivity contribution in [1.29, 1.82) is 0 Å². The molecule has 1 aliphatic heterocycles. The topological polar surface area (TPSA) is 59.9 Å². The van der Waals surface area contributed by atoms with E-state index in [1.54, 1.807) is 49.6 Å². The molecule has 0 bridgehead atoms. The van der Waals surface area contributed by atoms with Crippen molar-refractivity contribution in [3.63, 3.8) is 0 Å². The van der Waals surface area contributed by atoms with Gasteiger partial charge in [0.05, 0.1) is 37.2 Å². The third kappa shape index (κ3) is 6.43. The fourth-order valence-corrected chi connectivity index (χ4v) is 5.60. The number of hydrogen-bond acceptors (Lipinski definition) is 5. The first-order valence-corrected chi connectivity index (χ1v) is 14.4. The van der Waals surface area contributed by atoms with E-state index in [4.69, 9.17) is 44.3 Å². The number of amides is 1. The van der Waals surface area contributed by atoms with Gasteiger partial charge in [0.1, 0.15) is 6.61 Å². The predicted molar refractivity (Wildman–Crippen MR) is 159 cm³/mol. The minimum Gasteiger partial charge on any atom is -0.493 e. The summed E-state index contributed by atoms with van der Waals surface area (Å²) in [6.07, 6.45) is 1.75. The number of carbonyl (C=O) groups is 1. The number of nitrogens with zero attached hydrogens (tertiary/aromatic N) is 1. The molecular formula is C24H14Br3Cl3N2O3S. The molecule has 0 saturated carbocycles. The highest BCUT2D eigenvalue weighted by Crippen LogP contribution is 2.44. The number of amidine groups is 1. The molecule has 1 amide bonds. The Morgan fingerprint density at radius 2 is 1.78 bits per heavy atom. The molecule has 3 aromatic carbocycles. The van der Waals surface area contributed by atoms with Gasteiger partial charge in [0.25, 0.3) is 5.91 Å². The molecule has 0 aromatic heterocycles. The molecule has 4 rings (SSSR count). The van der Waals surface area contributed by atoms with E-state index in [1.165, 1.54) is 11.8 Å². The number of halogens is 6. The summed E-state index contributed by atoms with van der Waals surface area (Å²) in [5.41, 5.74) is 2.19. The average molecular weight is 757 g/mol. The van der Waals surface area contributed by atoms with E-state index in [-0.39, 0.29) is 12.5 Å². The lowest BCUT2D eigenvalue weighted by molar-refractivity contribution is -0.115. The maximum absolute atomic E-state index is 12.6. The van der Waals surface area contributed by atoms with Crippen LogP contribution >= 0.6 is 94.4 Å². The van der Waals surface area contributed by atoms with Crippen LogP contribution in [0.5, 0.6) is 11.5 Å². The molecule has 0 aliphatic carbocycles. The van der Waals surface area contributed by atoms with Gasteiger partial charge < -0.3 is 14.8 Å². The molecule has 12 heteroatoms. The van der Waals surface area contributed by atoms with Crippen molar-refractivity contribution in [3.8, 4) is 11.5 Å². The highest BCUT2D eigenvalue weighted by molar-refractivity contribution is 9.13. The minimum absolute atomic E-state index is 0.247. The van der Waals surface area contributed by atoms with Crippen molar-refractivity contribution in [1.82, 2.24) is 5.32 Å². The number of hydrogen-bond donors (Lipinski definition) is 1. The van der Waals surface area contributed by atoms with Crippen molar-refractivity contribution in [2.24, 2.45) is 4.99 Å². The van der Waals surface area contributed by atoms with E-state index < -0.39 is 0 Å². The summed E-state index contributed by atoms with van der Waals surface area (Å²) < 4.78 is 13.7. The van der Waals surface area contributed by atoms with Gasteiger partial charge in [-0.05, 0) is 113 Å². The second-order valence-corrected chi connectivity index (χ2v) is 11.9. The van der Waals surface area contributed by atoms with Gasteiger partial charge in [0.2, 0.25) is 0 Å². The summed E-state index contributed by atoms with van der Waals surface area (Å²) in [6, 6.07) is 12.4. The van der Waals surface area contributed by atoms with E-state index in [2.05, 4.69) is 58.1 Å². The second kappa shape index (κ2) is 12.1. The van der Waals surface area contributed by atoms with Crippen LogP contribution < -0.4 is 14.8 Å². The summed E-state index contributed by atoms with van der Waals surface area (Å²) in [7, 11) is 1.55. The fourth-order valence-electron chi connectivity index (χ4n) is 3.07. The lowest BCUT2D eigenvalue weighted by Gasteiger charge is -2.16. The summed E-state index contributed by atoms with van der Waals surface area (Å²) in [5.74, 6) is 0.721. The number of benzene rings is 3. The van der Waals surface area contributed by atoms with Crippen LogP contribution in [0.15, 0.2) is 65.8 Å². The Balaban J connectivity index is 1.58. The van der Waals surface area contributed by atoms with Crippen LogP contribution in [0.4, 0.5) is 5.69 Å². The van der Waals surface area contributed by atoms with Crippen molar-refractivity contribution in [3.05, 3.63) is 87.0 Å². The quantitative estimate of drug-likeness (QED) is 0.255. The number of methoxy groups -OCH3 is 1. The van der Waals surface area contributed by atoms with Crippen LogP contribution in [0.2, 0.25) is 15.1 Å². The van der Waals surface area contributed by atoms with E-state index in [9.17, 15) is 4.79 Å². The first kappa shape index (κ1) is 27.8. The van der Waals surface area contributed by atoms with Gasteiger partial charge in [-0.15, -0.1) is 0 Å². The Bertz CT molecular complexity index is 1430. The van der Waals surface area contributed by atoms with Crippen molar-refractivity contribution in [2.45, 2.75) is 6.61 Å². The number of carbonyl (C=O) groups excluding carboxylic acids is 1. The van der Waals surface area contributed by atoms with Gasteiger partial charge >= 0.3 is 0 Å². The van der Waals surface area contributed by atoms with Gasteiger partial charge in [-0.25, -0.2) is 4.99 Å². The van der Waals surface area contributed by atoms with Crippen LogP contribution in [0.1, 0.15) is 11.1 Å². The monoisotopic (exact) mass is 752 g/mol. The second-order valence-electron chi connectivity index (χ2n) is 7.24. The molecule has 1 N–H and O–H groups in total. The van der Waals surface area contributed by atoms with Crippen molar-refractivity contribution >= 4 is 117 Å². The number of nitrogens with one attached hydrogen (secondary N) is 1. The molecule has 186 valence electrons. The molecule has 1 heterocycles. The molecule has 1 saturated heterocycles. The van der Waals surface area contributed by atoms with Crippen LogP contribution in [-0.2, 0) is 11.4 Å². The lowest BCUT2D eigenvalue weighted by Crippen LogP contribution is -2.19. The third-order valence-electron chi connectivity index (χ3n) is 4.81. The molecule has 1 aliphatic rings. The van der Waals surface area contributed by atoms with E-state index >= 15 is 0 Å². The molecule has 0 atom stereocenters. The molecule has 3 aromatic rings. The summed E-state index contributed by atoms with van der Waals surface area (Å²) >= 11 is 30.0. The first-order chi connectivity index (χ1) is 17.2. The highest BCUT2D eigenvalue weighted by Gasteiger charge is 2.25. The zero-order valence-electron chi connectivity index (χ0n) is 18.2. The van der Waals surface area contributed by atoms with Crippen LogP contribution in [0.3, 0.4) is 0 Å². The molecular weight excluding hydrogens is 742 g/mol. The van der Waals surface area contributed by atoms with Gasteiger partial charge in [-0.1, -0.05) is 40.9 Å². The third-order valence-corrected chi connectivity index (χ3v) is 9.84. The number of rotatable bonds is 6. The Morgan fingerprint density at radius 3 is 2.47 bits per heavy atom. The smallest absolute Gasteiger partial charge is 0.264 e. The Morgan fingerprint density at radius 1 is 1.00 bits per heavy atom. The lowest BCUT2D eigenvalue weighted by atomic mass is 10.1. The standard InChI is InChI=1S/C24H14Br3Cl3N2O3S/c1-34-18-7-12(20(26)21(27)22(18)35-10-11-2-5-15(28)17(30)6-11)8-19-23(33)32-24(36-19)31-13-3-4-14(25)16(29)9-13/h2-9H,10H2,1H3,(H,31,32,33)/b19-8-. The fraction of sp³-hybridized carbons (Fsp3) is 0.0833. The van der Waals surface area contributed by atoms with E-state index in [0.29, 0.717) is 56.8 Å². The van der Waals surface area contributed by atoms with Gasteiger partial charge in [-0.3, -0.25) is 4.79 Å². The normalized spacial score (nSPS) is 15.5. The van der Waals surface area contributed by atoms with E-state index in [1.807, 2.05) is 6.07 Å². The summed E-state index contributed by atoms with van der Waals surface area (Å²) in [4.78, 5) is 17.6. The molecule has 5 nitrogen and oxygen atoms in total. The minimum atomic E-state index is -0.260. The van der Waals surface area contributed by atoms with Crippen LogP contribution in [0, 0.1) is 0 Å². The Kier molecular flexibility index (Phi) is 9.36. The molecule has 1 fully saturated rings. The van der Waals surface area contributed by atoms with Gasteiger partial charge in [0, 0.05) is 8.95 Å². The average Bonchev–Trinajstić information content (AvgIpc) is 3.19.